The average Bonchev–Trinajstić information content (AvgIpc) is 2.72. The minimum Gasteiger partial charge on any atom is -0.432 e. The van der Waals surface area contributed by atoms with Crippen molar-refractivity contribution in [2.24, 2.45) is 11.8 Å². The molecule has 0 aliphatic rings. The van der Waals surface area contributed by atoms with Crippen LogP contribution in [-0.4, -0.2) is 24.1 Å². The Morgan fingerprint density at radius 3 is 2.16 bits per heavy atom. The van der Waals surface area contributed by atoms with E-state index in [1.54, 1.807) is 6.26 Å². The molecule has 0 saturated carbocycles. The van der Waals surface area contributed by atoms with Crippen LogP contribution < -0.4 is 10.2 Å². The SMILES string of the molecule is CC(C)CN(CC(C)C)c1nc(CNC(C)C)co1. The normalized spacial score (nSPS) is 11.8. The van der Waals surface area contributed by atoms with Gasteiger partial charge in [0.1, 0.15) is 6.26 Å². The highest BCUT2D eigenvalue weighted by molar-refractivity contribution is 5.27. The zero-order chi connectivity index (χ0) is 14.4. The Morgan fingerprint density at radius 2 is 1.68 bits per heavy atom. The molecule has 0 amide bonds. The van der Waals surface area contributed by atoms with Gasteiger partial charge in [-0.25, -0.2) is 0 Å². The van der Waals surface area contributed by atoms with E-state index >= 15 is 0 Å². The van der Waals surface area contributed by atoms with E-state index in [1.807, 2.05) is 0 Å². The number of hydrogen-bond acceptors (Lipinski definition) is 4. The Balaban J connectivity index is 2.67. The first-order valence-electron chi connectivity index (χ1n) is 7.31. The summed E-state index contributed by atoms with van der Waals surface area (Å²) in [6, 6.07) is 1.21. The minimum atomic E-state index is 0.461. The van der Waals surface area contributed by atoms with Crippen LogP contribution in [0.4, 0.5) is 6.01 Å². The number of rotatable bonds is 8. The maximum atomic E-state index is 5.64. The number of hydrogen-bond donors (Lipinski definition) is 1. The Morgan fingerprint density at radius 1 is 1.11 bits per heavy atom. The topological polar surface area (TPSA) is 41.3 Å². The second-order valence-electron chi connectivity index (χ2n) is 6.35. The molecular formula is C15H29N3O. The van der Waals surface area contributed by atoms with Crippen LogP contribution in [0.2, 0.25) is 0 Å². The first-order valence-corrected chi connectivity index (χ1v) is 7.31. The lowest BCUT2D eigenvalue weighted by atomic mass is 10.1. The Hall–Kier alpha value is -1.03. The lowest BCUT2D eigenvalue weighted by Crippen LogP contribution is -2.31. The molecule has 4 nitrogen and oxygen atoms in total. The molecule has 1 aromatic heterocycles. The van der Waals surface area contributed by atoms with Crippen molar-refractivity contribution in [3.63, 3.8) is 0 Å². The summed E-state index contributed by atoms with van der Waals surface area (Å²) >= 11 is 0. The molecule has 0 aromatic carbocycles. The molecule has 0 spiro atoms. The molecule has 4 heteroatoms. The highest BCUT2D eigenvalue weighted by atomic mass is 16.4. The van der Waals surface area contributed by atoms with Crippen molar-refractivity contribution in [1.29, 1.82) is 0 Å². The molecule has 1 rings (SSSR count). The van der Waals surface area contributed by atoms with E-state index in [0.717, 1.165) is 31.3 Å². The molecule has 19 heavy (non-hydrogen) atoms. The summed E-state index contributed by atoms with van der Waals surface area (Å²) in [5, 5.41) is 3.35. The van der Waals surface area contributed by atoms with Crippen molar-refractivity contribution < 1.29 is 4.42 Å². The van der Waals surface area contributed by atoms with Crippen molar-refractivity contribution in [2.75, 3.05) is 18.0 Å². The average molecular weight is 267 g/mol. The van der Waals surface area contributed by atoms with Crippen molar-refractivity contribution in [3.05, 3.63) is 12.0 Å². The molecule has 0 saturated heterocycles. The molecule has 0 aliphatic heterocycles. The third-order valence-corrected chi connectivity index (χ3v) is 2.67. The molecule has 0 radical (unpaired) electrons. The maximum Gasteiger partial charge on any atom is 0.297 e. The lowest BCUT2D eigenvalue weighted by Gasteiger charge is -2.24. The van der Waals surface area contributed by atoms with Crippen LogP contribution in [0.25, 0.3) is 0 Å². The molecule has 0 atom stereocenters. The van der Waals surface area contributed by atoms with Crippen molar-refractivity contribution in [3.8, 4) is 0 Å². The Bertz CT molecular complexity index is 348. The van der Waals surface area contributed by atoms with Gasteiger partial charge in [-0.3, -0.25) is 0 Å². The predicted molar refractivity (Wildman–Crippen MR) is 80.4 cm³/mol. The summed E-state index contributed by atoms with van der Waals surface area (Å²) in [4.78, 5) is 6.83. The summed E-state index contributed by atoms with van der Waals surface area (Å²) < 4.78 is 5.64. The lowest BCUT2D eigenvalue weighted by molar-refractivity contribution is 0.480. The molecule has 0 bridgehead atoms. The summed E-state index contributed by atoms with van der Waals surface area (Å²) in [6.45, 7) is 15.9. The summed E-state index contributed by atoms with van der Waals surface area (Å²) in [5.74, 6) is 1.20. The molecular weight excluding hydrogens is 238 g/mol. The van der Waals surface area contributed by atoms with Crippen LogP contribution in [0.1, 0.15) is 47.2 Å². The highest BCUT2D eigenvalue weighted by Crippen LogP contribution is 2.17. The predicted octanol–water partition coefficient (Wildman–Crippen LogP) is 3.29. The monoisotopic (exact) mass is 267 g/mol. The molecule has 0 unspecified atom stereocenters. The second kappa shape index (κ2) is 7.53. The maximum absolute atomic E-state index is 5.64. The van der Waals surface area contributed by atoms with Crippen LogP contribution in [0, 0.1) is 11.8 Å². The molecule has 1 N–H and O–H groups in total. The van der Waals surface area contributed by atoms with E-state index in [4.69, 9.17) is 4.42 Å². The third-order valence-electron chi connectivity index (χ3n) is 2.67. The van der Waals surface area contributed by atoms with Gasteiger partial charge in [-0.1, -0.05) is 41.5 Å². The standard InChI is InChI=1S/C15H29N3O/c1-11(2)8-18(9-12(3)4)15-17-14(10-19-15)7-16-13(5)6/h10-13,16H,7-9H2,1-6H3. The van der Waals surface area contributed by atoms with E-state index in [0.29, 0.717) is 17.9 Å². The number of nitrogens with one attached hydrogen (secondary N) is 1. The zero-order valence-electron chi connectivity index (χ0n) is 13.2. The van der Waals surface area contributed by atoms with Gasteiger partial charge < -0.3 is 14.6 Å². The van der Waals surface area contributed by atoms with Gasteiger partial charge in [0, 0.05) is 25.7 Å². The summed E-state index contributed by atoms with van der Waals surface area (Å²) in [6.07, 6.45) is 1.76. The minimum absolute atomic E-state index is 0.461. The van der Waals surface area contributed by atoms with Gasteiger partial charge in [0.25, 0.3) is 6.01 Å². The van der Waals surface area contributed by atoms with Crippen LogP contribution in [0.3, 0.4) is 0 Å². The van der Waals surface area contributed by atoms with Crippen LogP contribution in [0.15, 0.2) is 10.7 Å². The largest absolute Gasteiger partial charge is 0.432 e. The van der Waals surface area contributed by atoms with Gasteiger partial charge >= 0.3 is 0 Å². The van der Waals surface area contributed by atoms with Gasteiger partial charge in [0.15, 0.2) is 0 Å². The van der Waals surface area contributed by atoms with Crippen molar-refractivity contribution >= 4 is 6.01 Å². The van der Waals surface area contributed by atoms with Crippen LogP contribution >= 0.6 is 0 Å². The van der Waals surface area contributed by atoms with E-state index < -0.39 is 0 Å². The van der Waals surface area contributed by atoms with E-state index in [9.17, 15) is 0 Å². The number of oxazole rings is 1. The van der Waals surface area contributed by atoms with Gasteiger partial charge in [-0.2, -0.15) is 4.98 Å². The smallest absolute Gasteiger partial charge is 0.297 e. The third kappa shape index (κ3) is 6.10. The fourth-order valence-electron chi connectivity index (χ4n) is 1.94. The van der Waals surface area contributed by atoms with E-state index in [2.05, 4.69) is 56.7 Å². The first-order chi connectivity index (χ1) is 8.88. The fraction of sp³-hybridized carbons (Fsp3) is 0.800. The molecule has 0 fully saturated rings. The zero-order valence-corrected chi connectivity index (χ0v) is 13.2. The van der Waals surface area contributed by atoms with Crippen LogP contribution in [0.5, 0.6) is 0 Å². The number of anilines is 1. The van der Waals surface area contributed by atoms with Gasteiger partial charge in [-0.15, -0.1) is 0 Å². The second-order valence-corrected chi connectivity index (χ2v) is 6.35. The van der Waals surface area contributed by atoms with Crippen molar-refractivity contribution in [1.82, 2.24) is 10.3 Å². The van der Waals surface area contributed by atoms with Crippen LogP contribution in [-0.2, 0) is 6.54 Å². The van der Waals surface area contributed by atoms with Gasteiger partial charge in [0.2, 0.25) is 0 Å². The quantitative estimate of drug-likeness (QED) is 0.784. The molecule has 110 valence electrons. The Kier molecular flexibility index (Phi) is 6.35. The Labute approximate surface area is 117 Å². The first kappa shape index (κ1) is 16.0. The highest BCUT2D eigenvalue weighted by Gasteiger charge is 2.15. The number of nitrogens with zero attached hydrogens (tertiary/aromatic N) is 2. The van der Waals surface area contributed by atoms with Gasteiger partial charge in [0.05, 0.1) is 5.69 Å². The summed E-state index contributed by atoms with van der Waals surface area (Å²) in [7, 11) is 0. The van der Waals surface area contributed by atoms with Crippen molar-refractivity contribution in [2.45, 2.75) is 54.1 Å². The molecule has 1 aromatic rings. The number of aromatic nitrogens is 1. The molecule has 1 heterocycles. The van der Waals surface area contributed by atoms with E-state index in [1.165, 1.54) is 0 Å². The summed E-state index contributed by atoms with van der Waals surface area (Å²) in [5.41, 5.74) is 0.973. The fourth-order valence-corrected chi connectivity index (χ4v) is 1.94. The molecule has 0 aliphatic carbocycles. The van der Waals surface area contributed by atoms with E-state index in [-0.39, 0.29) is 0 Å². The van der Waals surface area contributed by atoms with Gasteiger partial charge in [-0.05, 0) is 11.8 Å².